The lowest BCUT2D eigenvalue weighted by molar-refractivity contribution is -0.122. The number of nitrogens with zero attached hydrogens (tertiary/aromatic N) is 6. The van der Waals surface area contributed by atoms with Gasteiger partial charge in [0, 0.05) is 31.3 Å². The van der Waals surface area contributed by atoms with Gasteiger partial charge in [-0.2, -0.15) is 5.10 Å². The highest BCUT2D eigenvalue weighted by molar-refractivity contribution is 7.08. The van der Waals surface area contributed by atoms with Crippen molar-refractivity contribution >= 4 is 23.9 Å². The normalized spacial score (nSPS) is 15.7. The van der Waals surface area contributed by atoms with Gasteiger partial charge in [0.25, 0.3) is 12.4 Å². The maximum Gasteiger partial charge on any atom is 0.290 e. The molecular formula is C17H21N7O3S. The van der Waals surface area contributed by atoms with Crippen LogP contribution in [-0.2, 0) is 18.4 Å². The van der Waals surface area contributed by atoms with Gasteiger partial charge in [-0.25, -0.2) is 4.98 Å². The number of hydrogen-bond donors (Lipinski definition) is 2. The van der Waals surface area contributed by atoms with E-state index >= 15 is 0 Å². The molecule has 28 heavy (non-hydrogen) atoms. The van der Waals surface area contributed by atoms with E-state index in [0.717, 1.165) is 22.6 Å². The van der Waals surface area contributed by atoms with Crippen LogP contribution in [0.4, 0.5) is 0 Å². The Morgan fingerprint density at radius 1 is 1.46 bits per heavy atom. The second-order valence-corrected chi connectivity index (χ2v) is 7.45. The second-order valence-electron chi connectivity index (χ2n) is 6.70. The summed E-state index contributed by atoms with van der Waals surface area (Å²) < 4.78 is 5.76. The summed E-state index contributed by atoms with van der Waals surface area (Å²) in [5.74, 6) is 0.156. The number of carbonyl (C=O) groups excluding carboxylic acids is 1. The van der Waals surface area contributed by atoms with Crippen LogP contribution in [0, 0.1) is 0 Å². The molecular weight excluding hydrogens is 382 g/mol. The summed E-state index contributed by atoms with van der Waals surface area (Å²) in [6.07, 6.45) is 5.51. The van der Waals surface area contributed by atoms with Gasteiger partial charge >= 0.3 is 0 Å². The molecule has 1 aliphatic heterocycles. The quantitative estimate of drug-likeness (QED) is 0.635. The molecule has 0 aromatic carbocycles. The fourth-order valence-corrected chi connectivity index (χ4v) is 4.01. The zero-order valence-electron chi connectivity index (χ0n) is 15.7. The van der Waals surface area contributed by atoms with Gasteiger partial charge in [0.2, 0.25) is 0 Å². The van der Waals surface area contributed by atoms with E-state index < -0.39 is 0 Å². The van der Waals surface area contributed by atoms with Crippen molar-refractivity contribution in [3.8, 4) is 0 Å². The van der Waals surface area contributed by atoms with Gasteiger partial charge in [0.1, 0.15) is 4.88 Å². The Kier molecular flexibility index (Phi) is 5.83. The van der Waals surface area contributed by atoms with Gasteiger partial charge in [-0.15, -0.1) is 5.10 Å². The third-order valence-corrected chi connectivity index (χ3v) is 5.23. The third kappa shape index (κ3) is 3.79. The minimum absolute atomic E-state index is 0.0102. The highest BCUT2D eigenvalue weighted by Crippen LogP contribution is 2.33. The first kappa shape index (κ1) is 19.7. The third-order valence-electron chi connectivity index (χ3n) is 4.50. The molecule has 4 rings (SSSR count). The molecule has 4 heterocycles. The van der Waals surface area contributed by atoms with E-state index in [-0.39, 0.29) is 24.2 Å². The molecule has 0 aliphatic carbocycles. The van der Waals surface area contributed by atoms with Crippen LogP contribution in [0.25, 0.3) is 0 Å². The summed E-state index contributed by atoms with van der Waals surface area (Å²) >= 11 is 1.17. The van der Waals surface area contributed by atoms with Crippen LogP contribution in [0.3, 0.4) is 0 Å². The average molecular weight is 403 g/mol. The molecule has 1 aliphatic rings. The molecule has 148 valence electrons. The van der Waals surface area contributed by atoms with Crippen LogP contribution in [-0.4, -0.2) is 58.3 Å². The molecule has 1 atom stereocenters. The van der Waals surface area contributed by atoms with Crippen LogP contribution < -0.4 is 0 Å². The molecule has 0 fully saturated rings. The Bertz CT molecular complexity index is 962. The fraction of sp³-hybridized carbons (Fsp3) is 0.412. The van der Waals surface area contributed by atoms with Gasteiger partial charge < -0.3 is 15.0 Å². The number of hydrogen-bond acceptors (Lipinski definition) is 7. The highest BCUT2D eigenvalue weighted by atomic mass is 32.1. The lowest BCUT2D eigenvalue weighted by Crippen LogP contribution is -2.38. The van der Waals surface area contributed by atoms with E-state index in [4.69, 9.17) is 9.90 Å². The first-order valence-electron chi connectivity index (χ1n) is 8.66. The summed E-state index contributed by atoms with van der Waals surface area (Å²) in [6.45, 7) is 4.88. The lowest BCUT2D eigenvalue weighted by Gasteiger charge is -2.31. The largest absolute Gasteiger partial charge is 0.483 e. The Balaban J connectivity index is 0.000000706. The zero-order chi connectivity index (χ0) is 20.3. The van der Waals surface area contributed by atoms with Crippen molar-refractivity contribution in [3.63, 3.8) is 0 Å². The molecule has 3 aromatic heterocycles. The van der Waals surface area contributed by atoms with E-state index in [1.165, 1.54) is 11.5 Å². The minimum Gasteiger partial charge on any atom is -0.483 e. The lowest BCUT2D eigenvalue weighted by atomic mass is 9.93. The van der Waals surface area contributed by atoms with E-state index in [9.17, 15) is 4.79 Å². The SMILES string of the molecule is CC(C)c1nnsc1C(=O)N1Cc2[nH]cnc2C(c2cnn(C)c2)C1.O=CO. The Hall–Kier alpha value is -3.08. The van der Waals surface area contributed by atoms with Crippen LogP contribution in [0.15, 0.2) is 18.7 Å². The number of carboxylic acid groups (broad SMARTS) is 1. The van der Waals surface area contributed by atoms with E-state index in [0.29, 0.717) is 18.0 Å². The van der Waals surface area contributed by atoms with Crippen molar-refractivity contribution in [1.29, 1.82) is 0 Å². The van der Waals surface area contributed by atoms with Crippen molar-refractivity contribution < 1.29 is 14.7 Å². The predicted octanol–water partition coefficient (Wildman–Crippen LogP) is 1.61. The van der Waals surface area contributed by atoms with Gasteiger partial charge in [-0.05, 0) is 17.5 Å². The first-order valence-corrected chi connectivity index (χ1v) is 9.43. The second kappa shape index (κ2) is 8.30. The molecule has 0 bridgehead atoms. The molecule has 11 heteroatoms. The Morgan fingerprint density at radius 2 is 2.21 bits per heavy atom. The van der Waals surface area contributed by atoms with Crippen molar-refractivity contribution in [1.82, 2.24) is 34.2 Å². The maximum absolute atomic E-state index is 13.1. The summed E-state index contributed by atoms with van der Waals surface area (Å²) in [4.78, 5) is 31.6. The molecule has 3 aromatic rings. The van der Waals surface area contributed by atoms with Gasteiger partial charge in [-0.1, -0.05) is 18.3 Å². The van der Waals surface area contributed by atoms with Crippen molar-refractivity contribution in [2.75, 3.05) is 6.54 Å². The highest BCUT2D eigenvalue weighted by Gasteiger charge is 2.34. The standard InChI is InChI=1S/C16H19N7OS.CH2O2/c1-9(2)13-15(25-21-20-13)16(24)23-6-11(10-4-19-22(3)5-10)14-12(7-23)17-8-18-14;2-1-3/h4-5,8-9,11H,6-7H2,1-3H3,(H,17,18);1H,(H,2,3). The number of rotatable bonds is 3. The average Bonchev–Trinajstić information content (AvgIpc) is 3.40. The molecule has 10 nitrogen and oxygen atoms in total. The molecule has 2 N–H and O–H groups in total. The summed E-state index contributed by atoms with van der Waals surface area (Å²) in [6, 6.07) is 0. The molecule has 0 spiro atoms. The number of amides is 1. The number of carbonyl (C=O) groups is 2. The summed E-state index contributed by atoms with van der Waals surface area (Å²) in [5, 5.41) is 15.3. The number of fused-ring (bicyclic) bond motifs is 1. The first-order chi connectivity index (χ1) is 13.5. The van der Waals surface area contributed by atoms with Crippen LogP contribution in [0.5, 0.6) is 0 Å². The number of aromatic nitrogens is 6. The zero-order valence-corrected chi connectivity index (χ0v) is 16.6. The predicted molar refractivity (Wildman–Crippen MR) is 101 cm³/mol. The van der Waals surface area contributed by atoms with Crippen molar-refractivity contribution in [2.45, 2.75) is 32.2 Å². The number of H-pyrrole nitrogens is 1. The van der Waals surface area contributed by atoms with Gasteiger partial charge in [-0.3, -0.25) is 14.3 Å². The van der Waals surface area contributed by atoms with E-state index in [1.807, 2.05) is 38.2 Å². The van der Waals surface area contributed by atoms with E-state index in [1.54, 1.807) is 11.0 Å². The maximum atomic E-state index is 13.1. The number of nitrogens with one attached hydrogen (secondary N) is 1. The van der Waals surface area contributed by atoms with Crippen molar-refractivity contribution in [3.05, 3.63) is 46.2 Å². The minimum atomic E-state index is -0.250. The van der Waals surface area contributed by atoms with Crippen LogP contribution >= 0.6 is 11.5 Å². The fourth-order valence-electron chi connectivity index (χ4n) is 3.23. The molecule has 0 saturated carbocycles. The molecule has 0 saturated heterocycles. The Morgan fingerprint density at radius 3 is 2.86 bits per heavy atom. The van der Waals surface area contributed by atoms with Crippen molar-refractivity contribution in [2.24, 2.45) is 7.05 Å². The van der Waals surface area contributed by atoms with E-state index in [2.05, 4.69) is 24.7 Å². The monoisotopic (exact) mass is 403 g/mol. The number of imidazole rings is 1. The molecule has 0 radical (unpaired) electrons. The van der Waals surface area contributed by atoms with Crippen LogP contribution in [0.1, 0.15) is 58.0 Å². The number of aryl methyl sites for hydroxylation is 1. The van der Waals surface area contributed by atoms with Gasteiger partial charge in [0.15, 0.2) is 0 Å². The summed E-state index contributed by atoms with van der Waals surface area (Å²) in [5.41, 5.74) is 3.78. The molecule has 1 unspecified atom stereocenters. The summed E-state index contributed by atoms with van der Waals surface area (Å²) in [7, 11) is 1.89. The van der Waals surface area contributed by atoms with Gasteiger partial charge in [0.05, 0.1) is 36.2 Å². The topological polar surface area (TPSA) is 130 Å². The smallest absolute Gasteiger partial charge is 0.290 e. The molecule has 1 amide bonds. The van der Waals surface area contributed by atoms with Crippen LogP contribution in [0.2, 0.25) is 0 Å². The number of aromatic amines is 1. The Labute approximate surface area is 165 Å².